The Morgan fingerprint density at radius 1 is 0.925 bits per heavy atom. The molecule has 7 rings (SSSR count). The molecule has 0 radical (unpaired) electrons. The molecule has 0 aliphatic carbocycles. The summed E-state index contributed by atoms with van der Waals surface area (Å²) in [5.41, 5.74) is 6.88. The van der Waals surface area contributed by atoms with Crippen LogP contribution in [-0.2, 0) is 27.2 Å². The minimum Gasteiger partial charge on any atom is -0.478 e. The first-order valence-corrected chi connectivity index (χ1v) is 18.5. The number of amides is 3. The molecule has 0 bridgehead atoms. The van der Waals surface area contributed by atoms with Gasteiger partial charge in [-0.3, -0.25) is 19.3 Å². The van der Waals surface area contributed by atoms with E-state index in [1.54, 1.807) is 12.1 Å². The molecule has 0 fully saturated rings. The lowest BCUT2D eigenvalue weighted by Crippen LogP contribution is -2.68. The van der Waals surface area contributed by atoms with Gasteiger partial charge in [0, 0.05) is 85.3 Å². The zero-order chi connectivity index (χ0) is 38.4. The van der Waals surface area contributed by atoms with Crippen molar-refractivity contribution in [2.24, 2.45) is 0 Å². The van der Waals surface area contributed by atoms with Gasteiger partial charge in [-0.1, -0.05) is 18.2 Å². The molecule has 3 amide bonds. The van der Waals surface area contributed by atoms with Gasteiger partial charge < -0.3 is 20.1 Å². The van der Waals surface area contributed by atoms with Crippen molar-refractivity contribution in [3.63, 3.8) is 0 Å². The molecule has 4 aliphatic rings. The van der Waals surface area contributed by atoms with Crippen molar-refractivity contribution in [1.82, 2.24) is 14.8 Å². The number of nitrogens with one attached hydrogen (secondary N) is 1. The largest absolute Gasteiger partial charge is 0.478 e. The lowest BCUT2D eigenvalue weighted by molar-refractivity contribution is -2.00. The summed E-state index contributed by atoms with van der Waals surface area (Å²) in [5, 5.41) is 14.8. The number of aryl methyl sites for hydroxylation is 2. The number of carboxylic acid groups (broad SMARTS) is 1. The standard InChI is InChI=1S/C30H30N2O3.C8H10N2O3.ClHO4/c1-3-31-13-7-9-19-15-23-27(17-25(19)31)35-28-18-26-20(10-8-14-32(26)4-2)16-24(28)29(23)21-11-5-6-12-22(21)30(33)34;1-6(11)9-4-5-10-7(12)2-3-8(10)13;2-1(3,4)5/h5-6,11-12,15-18H,3-4,7-10,13-14H2,1-2H3;2-3H,4-5H2,1H3,(H,9,11);(H,2,3,4,5). The van der Waals surface area contributed by atoms with Crippen molar-refractivity contribution in [3.8, 4) is 11.5 Å². The molecule has 0 spiro atoms. The third-order valence-electron chi connectivity index (χ3n) is 9.35. The minimum absolute atomic E-state index is 0.174. The fourth-order valence-corrected chi connectivity index (χ4v) is 7.03. The van der Waals surface area contributed by atoms with Crippen molar-refractivity contribution in [2.45, 2.75) is 46.5 Å². The van der Waals surface area contributed by atoms with Crippen LogP contribution in [0.2, 0.25) is 0 Å². The van der Waals surface area contributed by atoms with Crippen molar-refractivity contribution >= 4 is 35.0 Å². The molecule has 15 heteroatoms. The molecule has 0 aromatic heterocycles. The highest BCUT2D eigenvalue weighted by molar-refractivity contribution is 6.12. The normalized spacial score (nSPS) is 15.5. The molecule has 2 N–H and O–H groups in total. The van der Waals surface area contributed by atoms with Crippen molar-refractivity contribution in [1.29, 1.82) is 0 Å². The van der Waals surface area contributed by atoms with Gasteiger partial charge in [0.05, 0.1) is 11.6 Å². The summed E-state index contributed by atoms with van der Waals surface area (Å²) in [6.45, 7) is 10.3. The van der Waals surface area contributed by atoms with Gasteiger partial charge in [0.2, 0.25) is 11.3 Å². The van der Waals surface area contributed by atoms with E-state index in [0.717, 1.165) is 90.2 Å². The Hall–Kier alpha value is -5.12. The van der Waals surface area contributed by atoms with Crippen LogP contribution < -0.4 is 48.7 Å². The van der Waals surface area contributed by atoms with Gasteiger partial charge in [-0.2, -0.15) is 0 Å². The molecule has 53 heavy (non-hydrogen) atoms. The molecule has 0 saturated heterocycles. The molecular weight excluding hydrogens is 708 g/mol. The van der Waals surface area contributed by atoms with Crippen LogP contribution in [0.5, 0.6) is 11.5 Å². The number of benzene rings is 3. The number of halogens is 1. The number of nitrogens with zero attached hydrogens (tertiary/aromatic N) is 3. The van der Waals surface area contributed by atoms with E-state index in [1.165, 1.54) is 41.2 Å². The van der Waals surface area contributed by atoms with Crippen LogP contribution in [0, 0.1) is 10.2 Å². The van der Waals surface area contributed by atoms with Crippen molar-refractivity contribution in [3.05, 3.63) is 99.1 Å². The summed E-state index contributed by atoms with van der Waals surface area (Å²) in [6.07, 6.45) is 6.73. The number of imide groups is 1. The number of aromatic carboxylic acids is 1. The van der Waals surface area contributed by atoms with Crippen LogP contribution in [0.15, 0.2) is 60.7 Å². The topological polar surface area (TPSA) is 212 Å². The first-order valence-electron chi connectivity index (χ1n) is 17.3. The smallest absolute Gasteiger partial charge is 0.336 e. The van der Waals surface area contributed by atoms with Crippen LogP contribution in [0.25, 0.3) is 5.57 Å². The van der Waals surface area contributed by atoms with E-state index in [1.807, 2.05) is 12.1 Å². The van der Waals surface area contributed by atoms with E-state index in [9.17, 15) is 24.3 Å². The van der Waals surface area contributed by atoms with Crippen LogP contribution in [0.1, 0.15) is 66.2 Å². The second-order valence-corrected chi connectivity index (χ2v) is 13.4. The highest BCUT2D eigenvalue weighted by Gasteiger charge is 2.29. The Balaban J connectivity index is 0.000000250. The molecule has 0 saturated carbocycles. The lowest BCUT2D eigenvalue weighted by Gasteiger charge is -2.32. The van der Waals surface area contributed by atoms with Gasteiger partial charge in [-0.05, 0) is 62.4 Å². The van der Waals surface area contributed by atoms with E-state index >= 15 is 0 Å². The summed E-state index contributed by atoms with van der Waals surface area (Å²) in [6, 6.07) is 16.2. The SMILES string of the molecule is CC(=O)NCCN1C(=O)C=CC1=O.CCN1CCCc2cc3c(cc21)Oc1cc2c(cc1=C3c1ccccc1C(=O)O)CCC[N+]=2CC.[O-][Cl+3]([O-])([O-])[O-]. The molecule has 14 nitrogen and oxygen atoms in total. The summed E-state index contributed by atoms with van der Waals surface area (Å²) in [7, 11) is -4.94. The Bertz CT molecular complexity index is 2070. The van der Waals surface area contributed by atoms with Crippen molar-refractivity contribution < 1.29 is 57.9 Å². The van der Waals surface area contributed by atoms with Gasteiger partial charge in [0.25, 0.3) is 11.8 Å². The van der Waals surface area contributed by atoms with E-state index in [2.05, 4.69) is 52.9 Å². The summed E-state index contributed by atoms with van der Waals surface area (Å²) >= 11 is 0. The maximum Gasteiger partial charge on any atom is 0.336 e. The van der Waals surface area contributed by atoms with Crippen LogP contribution in [0.4, 0.5) is 5.69 Å². The number of carboxylic acids is 1. The monoisotopic (exact) mass is 748 g/mol. The number of carbonyl (C=O) groups is 4. The quantitative estimate of drug-likeness (QED) is 0.160. The Morgan fingerprint density at radius 2 is 1.60 bits per heavy atom. The second kappa shape index (κ2) is 16.7. The average Bonchev–Trinajstić information content (AvgIpc) is 3.43. The third kappa shape index (κ3) is 9.28. The predicted octanol–water partition coefficient (Wildman–Crippen LogP) is -1.74. The van der Waals surface area contributed by atoms with E-state index in [4.69, 9.17) is 23.4 Å². The molecule has 4 aliphatic heterocycles. The predicted molar refractivity (Wildman–Crippen MR) is 183 cm³/mol. The van der Waals surface area contributed by atoms with Crippen LogP contribution in [-0.4, -0.2) is 73.0 Å². The molecule has 4 heterocycles. The fraction of sp³-hybridized carbons (Fsp3) is 0.342. The zero-order valence-electron chi connectivity index (χ0n) is 29.7. The van der Waals surface area contributed by atoms with Crippen LogP contribution in [0.3, 0.4) is 0 Å². The van der Waals surface area contributed by atoms with Gasteiger partial charge in [-0.15, -0.1) is 10.2 Å². The summed E-state index contributed by atoms with van der Waals surface area (Å²) in [4.78, 5) is 48.1. The van der Waals surface area contributed by atoms with Gasteiger partial charge >= 0.3 is 5.97 Å². The maximum atomic E-state index is 12.3. The molecule has 3 aromatic rings. The Kier molecular flexibility index (Phi) is 12.3. The molecule has 3 aromatic carbocycles. The number of anilines is 1. The average molecular weight is 749 g/mol. The lowest BCUT2D eigenvalue weighted by atomic mass is 9.86. The molecular formula is C38H41ClN4O10. The first-order chi connectivity index (χ1) is 25.2. The van der Waals surface area contributed by atoms with Gasteiger partial charge in [0.15, 0.2) is 0 Å². The molecule has 280 valence electrons. The fourth-order valence-electron chi connectivity index (χ4n) is 7.03. The zero-order valence-corrected chi connectivity index (χ0v) is 30.4. The van der Waals surface area contributed by atoms with Gasteiger partial charge in [-0.25, -0.2) is 28.0 Å². The summed E-state index contributed by atoms with van der Waals surface area (Å²) < 4.78 is 43.0. The summed E-state index contributed by atoms with van der Waals surface area (Å²) in [5.74, 6) is -0.109. The Labute approximate surface area is 308 Å². The highest BCUT2D eigenvalue weighted by atomic mass is 35.7. The Morgan fingerprint density at radius 3 is 2.25 bits per heavy atom. The highest BCUT2D eigenvalue weighted by Crippen LogP contribution is 2.42. The van der Waals surface area contributed by atoms with E-state index in [0.29, 0.717) is 12.1 Å². The molecule has 0 unspecified atom stereocenters. The maximum absolute atomic E-state index is 12.3. The molecule has 0 atom stereocenters. The van der Waals surface area contributed by atoms with Crippen LogP contribution >= 0.6 is 0 Å². The van der Waals surface area contributed by atoms with Gasteiger partial charge in [0.1, 0.15) is 24.6 Å². The van der Waals surface area contributed by atoms with E-state index < -0.39 is 16.2 Å². The minimum atomic E-state index is -4.94. The number of rotatable bonds is 7. The van der Waals surface area contributed by atoms with Crippen molar-refractivity contribution in [2.75, 3.05) is 44.2 Å². The van der Waals surface area contributed by atoms with E-state index in [-0.39, 0.29) is 24.3 Å². The number of ether oxygens (including phenoxy) is 1. The number of hydrogen-bond donors (Lipinski definition) is 2. The number of fused-ring (bicyclic) bond motifs is 4. The number of carbonyl (C=O) groups excluding carboxylic acids is 3. The second-order valence-electron chi connectivity index (χ2n) is 12.7. The number of hydrogen-bond acceptors (Lipinski definition) is 10. The first kappa shape index (κ1) is 39.1. The third-order valence-corrected chi connectivity index (χ3v) is 9.35.